The van der Waals surface area contributed by atoms with Crippen molar-refractivity contribution in [3.05, 3.63) is 24.3 Å². The second kappa shape index (κ2) is 13.3. The Morgan fingerprint density at radius 2 is 1.64 bits per heavy atom. The summed E-state index contributed by atoms with van der Waals surface area (Å²) in [7, 11) is 0. The molecule has 9 heterocycles. The summed E-state index contributed by atoms with van der Waals surface area (Å²) >= 11 is 0. The van der Waals surface area contributed by atoms with Gasteiger partial charge in [0, 0.05) is 63.8 Å². The second-order valence-electron chi connectivity index (χ2n) is 19.3. The van der Waals surface area contributed by atoms with Crippen molar-refractivity contribution in [2.45, 2.75) is 202 Å². The first-order chi connectivity index (χ1) is 25.1. The first-order valence-corrected chi connectivity index (χ1v) is 21.0. The molecule has 53 heavy (non-hydrogen) atoms. The minimum atomic E-state index is -1.79. The van der Waals surface area contributed by atoms with E-state index in [0.29, 0.717) is 49.9 Å². The highest BCUT2D eigenvalue weighted by Crippen LogP contribution is 2.55. The highest BCUT2D eigenvalue weighted by molar-refractivity contribution is 5.14. The van der Waals surface area contributed by atoms with E-state index in [0.717, 1.165) is 57.1 Å². The summed E-state index contributed by atoms with van der Waals surface area (Å²) in [4.78, 5) is 0. The Hall–Kier alpha value is -0.960. The van der Waals surface area contributed by atoms with Crippen molar-refractivity contribution in [1.29, 1.82) is 0 Å². The first-order valence-electron chi connectivity index (χ1n) is 21.0. The standard InChI is InChI=1S/C42H65NO10/c1-23-16-32-36-34(21-40(51-36)27(5)15-24(2)22-43-40)49-39(19-23,48-32)20-26(4)35-25(3)10-12-41(45,52-35)37(44)33-18-31-30(46-33)17-28(6)42(50-31)14-13-38(53-42)11-8-9-29(7)47-38/h8-9,23-25,27-37,43-45H,4,10-22H2,1-3,5-7H3. The normalized spacial score (nSPS) is 56.8. The second-order valence-corrected chi connectivity index (χ2v) is 19.3. The van der Waals surface area contributed by atoms with Crippen LogP contribution in [0.3, 0.4) is 0 Å². The van der Waals surface area contributed by atoms with Crippen LogP contribution >= 0.6 is 0 Å². The monoisotopic (exact) mass is 743 g/mol. The smallest absolute Gasteiger partial charge is 0.195 e. The third-order valence-electron chi connectivity index (χ3n) is 14.8. The van der Waals surface area contributed by atoms with Crippen LogP contribution in [-0.2, 0) is 37.9 Å². The summed E-state index contributed by atoms with van der Waals surface area (Å²) in [5, 5.41) is 27.7. The third-order valence-corrected chi connectivity index (χ3v) is 14.8. The van der Waals surface area contributed by atoms with Crippen molar-refractivity contribution in [3.8, 4) is 0 Å². The van der Waals surface area contributed by atoms with Crippen LogP contribution in [0.25, 0.3) is 0 Å². The quantitative estimate of drug-likeness (QED) is 0.305. The van der Waals surface area contributed by atoms with Crippen LogP contribution in [0.2, 0.25) is 0 Å². The molecule has 19 atom stereocenters. The van der Waals surface area contributed by atoms with Crippen molar-refractivity contribution in [2.75, 3.05) is 6.54 Å². The maximum Gasteiger partial charge on any atom is 0.195 e. The zero-order valence-electron chi connectivity index (χ0n) is 32.8. The van der Waals surface area contributed by atoms with Gasteiger partial charge in [0.1, 0.15) is 17.9 Å². The van der Waals surface area contributed by atoms with Gasteiger partial charge in [0.05, 0.1) is 42.7 Å². The fourth-order valence-electron chi connectivity index (χ4n) is 12.0. The Kier molecular flexibility index (Phi) is 9.43. The molecule has 8 saturated heterocycles. The molecule has 3 spiro atoms. The Labute approximate surface area is 315 Å². The summed E-state index contributed by atoms with van der Waals surface area (Å²) in [5.41, 5.74) is 0.440. The fraction of sp³-hybridized carbons (Fsp3) is 0.905. The highest BCUT2D eigenvalue weighted by Gasteiger charge is 2.63. The van der Waals surface area contributed by atoms with Gasteiger partial charge in [0.2, 0.25) is 0 Å². The molecule has 9 aliphatic rings. The topological polar surface area (TPSA) is 126 Å². The summed E-state index contributed by atoms with van der Waals surface area (Å²) in [6, 6.07) is 0. The molecule has 0 amide bonds. The number of nitrogens with one attached hydrogen (secondary N) is 1. The van der Waals surface area contributed by atoms with Gasteiger partial charge in [-0.25, -0.2) is 0 Å². The van der Waals surface area contributed by atoms with Gasteiger partial charge < -0.3 is 48.1 Å². The number of fused-ring (bicyclic) bond motifs is 5. The summed E-state index contributed by atoms with van der Waals surface area (Å²) in [6.45, 7) is 18.7. The molecule has 9 aliphatic heterocycles. The Balaban J connectivity index is 0.860. The molecule has 11 nitrogen and oxygen atoms in total. The maximum absolute atomic E-state index is 12.1. The van der Waals surface area contributed by atoms with E-state index in [1.807, 2.05) is 6.92 Å². The van der Waals surface area contributed by atoms with Gasteiger partial charge in [-0.3, -0.25) is 5.32 Å². The zero-order valence-corrected chi connectivity index (χ0v) is 32.8. The van der Waals surface area contributed by atoms with E-state index in [-0.39, 0.29) is 54.2 Å². The van der Waals surface area contributed by atoms with Gasteiger partial charge in [0.15, 0.2) is 23.1 Å². The SMILES string of the molecule is C=C(CC12CC(C)CC(O1)C1OC3(CC1O2)NCC(C)CC3C)C1OC(O)(C(O)C2CC3OC4(CCC5(CC=CC(C)O5)O4)C(C)CC3O2)CCC1C. The van der Waals surface area contributed by atoms with Gasteiger partial charge >= 0.3 is 0 Å². The molecule has 298 valence electrons. The number of piperidine rings is 1. The number of ether oxygens (including phenoxy) is 8. The molecule has 0 aromatic rings. The van der Waals surface area contributed by atoms with Crippen LogP contribution < -0.4 is 5.32 Å². The van der Waals surface area contributed by atoms with Gasteiger partial charge in [0.25, 0.3) is 0 Å². The Morgan fingerprint density at radius 3 is 2.43 bits per heavy atom. The van der Waals surface area contributed by atoms with E-state index in [4.69, 9.17) is 37.9 Å². The summed E-state index contributed by atoms with van der Waals surface area (Å²) in [6.07, 6.45) is 9.66. The van der Waals surface area contributed by atoms with Crippen LogP contribution in [0.15, 0.2) is 24.3 Å². The van der Waals surface area contributed by atoms with E-state index in [2.05, 4.69) is 58.7 Å². The van der Waals surface area contributed by atoms with Crippen LogP contribution in [0.5, 0.6) is 0 Å². The lowest BCUT2D eigenvalue weighted by molar-refractivity contribution is -0.367. The first kappa shape index (κ1) is 37.6. The van der Waals surface area contributed by atoms with Crippen molar-refractivity contribution in [3.63, 3.8) is 0 Å². The molecule has 0 radical (unpaired) electrons. The number of aliphatic hydroxyl groups excluding tert-OH is 1. The van der Waals surface area contributed by atoms with Crippen molar-refractivity contribution < 1.29 is 48.1 Å². The molecule has 19 unspecified atom stereocenters. The molecule has 8 fully saturated rings. The summed E-state index contributed by atoms with van der Waals surface area (Å²) < 4.78 is 53.6. The predicted molar refractivity (Wildman–Crippen MR) is 194 cm³/mol. The summed E-state index contributed by atoms with van der Waals surface area (Å²) in [5.74, 6) is -2.46. The van der Waals surface area contributed by atoms with Crippen LogP contribution in [0.4, 0.5) is 0 Å². The highest BCUT2D eigenvalue weighted by atomic mass is 16.8. The number of hydrogen-bond donors (Lipinski definition) is 3. The average molecular weight is 744 g/mol. The van der Waals surface area contributed by atoms with Gasteiger partial charge in [-0.15, -0.1) is 0 Å². The minimum Gasteiger partial charge on any atom is -0.385 e. The zero-order chi connectivity index (χ0) is 37.1. The number of hydrogen-bond acceptors (Lipinski definition) is 11. The van der Waals surface area contributed by atoms with Crippen LogP contribution in [0, 0.1) is 29.6 Å². The molecular weight excluding hydrogens is 678 g/mol. The van der Waals surface area contributed by atoms with E-state index >= 15 is 0 Å². The third kappa shape index (κ3) is 6.44. The van der Waals surface area contributed by atoms with Gasteiger partial charge in [-0.2, -0.15) is 0 Å². The Morgan fingerprint density at radius 1 is 0.830 bits per heavy atom. The molecule has 9 rings (SSSR count). The molecule has 0 aliphatic carbocycles. The van der Waals surface area contributed by atoms with Gasteiger partial charge in [-0.05, 0) is 61.9 Å². The van der Waals surface area contributed by atoms with E-state index < -0.39 is 41.5 Å². The lowest BCUT2D eigenvalue weighted by atomic mass is 9.79. The van der Waals surface area contributed by atoms with E-state index in [1.165, 1.54) is 0 Å². The van der Waals surface area contributed by atoms with Crippen molar-refractivity contribution in [1.82, 2.24) is 5.32 Å². The molecule has 0 saturated carbocycles. The largest absolute Gasteiger partial charge is 0.385 e. The van der Waals surface area contributed by atoms with Crippen molar-refractivity contribution >= 4 is 0 Å². The molecule has 0 aromatic carbocycles. The Bertz CT molecular complexity index is 1450. The van der Waals surface area contributed by atoms with Gasteiger partial charge in [-0.1, -0.05) is 53.3 Å². The minimum absolute atomic E-state index is 0.00199. The predicted octanol–water partition coefficient (Wildman–Crippen LogP) is 5.61. The van der Waals surface area contributed by atoms with Crippen LogP contribution in [-0.4, -0.2) is 101 Å². The molecule has 0 aromatic heterocycles. The van der Waals surface area contributed by atoms with E-state index in [9.17, 15) is 10.2 Å². The number of rotatable bonds is 5. The van der Waals surface area contributed by atoms with Crippen LogP contribution in [0.1, 0.15) is 119 Å². The lowest BCUT2D eigenvalue weighted by Crippen LogP contribution is -2.60. The molecule has 3 N–H and O–H groups in total. The number of aliphatic hydroxyl groups is 2. The lowest BCUT2D eigenvalue weighted by Gasteiger charge is -2.52. The van der Waals surface area contributed by atoms with E-state index in [1.54, 1.807) is 0 Å². The average Bonchev–Trinajstić information content (AvgIpc) is 3.78. The molecular formula is C42H65NO10. The molecule has 2 bridgehead atoms. The molecule has 11 heteroatoms. The fourth-order valence-corrected chi connectivity index (χ4v) is 12.0. The maximum atomic E-state index is 12.1. The van der Waals surface area contributed by atoms with Crippen molar-refractivity contribution in [2.24, 2.45) is 29.6 Å².